The topological polar surface area (TPSA) is 98.0 Å². The number of fused-ring (bicyclic) bond motifs is 2. The normalized spacial score (nSPS) is 13.2. The second-order valence-electron chi connectivity index (χ2n) is 15.7. The van der Waals surface area contributed by atoms with Crippen LogP contribution in [0.15, 0.2) is 109 Å². The quantitative estimate of drug-likeness (QED) is 0.0942. The van der Waals surface area contributed by atoms with Crippen LogP contribution in [0.5, 0.6) is 5.75 Å². The van der Waals surface area contributed by atoms with E-state index in [9.17, 15) is 19.1 Å². The highest BCUT2D eigenvalue weighted by molar-refractivity contribution is 6.32. The summed E-state index contributed by atoms with van der Waals surface area (Å²) in [5, 5.41) is 16.7. The van der Waals surface area contributed by atoms with Crippen molar-refractivity contribution < 1.29 is 28.6 Å². The zero-order chi connectivity index (χ0) is 42.5. The molecule has 2 aromatic heterocycles. The smallest absolute Gasteiger partial charge is 0.352 e. The molecule has 5 aromatic carbocycles. The fourth-order valence-corrected chi connectivity index (χ4v) is 8.79. The molecule has 0 saturated carbocycles. The number of halogens is 2. The Labute approximate surface area is 360 Å². The Bertz CT molecular complexity index is 2680. The van der Waals surface area contributed by atoms with Crippen LogP contribution in [-0.4, -0.2) is 77.0 Å². The van der Waals surface area contributed by atoms with E-state index in [0.717, 1.165) is 84.6 Å². The molecule has 0 atom stereocenters. The number of carbonyl (C=O) groups excluding carboxylic acids is 1. The summed E-state index contributed by atoms with van der Waals surface area (Å²) in [5.41, 5.74) is 9.65. The molecule has 0 unspecified atom stereocenters. The molecule has 61 heavy (non-hydrogen) atoms. The number of hydrogen-bond donors (Lipinski definition) is 2. The Kier molecular flexibility index (Phi) is 12.9. The minimum absolute atomic E-state index is 0.243. The van der Waals surface area contributed by atoms with Crippen LogP contribution in [0, 0.1) is 19.7 Å². The number of amides is 1. The van der Waals surface area contributed by atoms with Crippen molar-refractivity contribution in [2.75, 3.05) is 46.0 Å². The van der Waals surface area contributed by atoms with Gasteiger partial charge in [-0.3, -0.25) is 9.69 Å². The monoisotopic (exact) mass is 840 g/mol. The number of rotatable bonds is 16. The lowest BCUT2D eigenvalue weighted by Crippen LogP contribution is -2.38. The van der Waals surface area contributed by atoms with E-state index < -0.39 is 5.97 Å². The lowest BCUT2D eigenvalue weighted by atomic mass is 9.96. The van der Waals surface area contributed by atoms with E-state index in [1.807, 2.05) is 60.9 Å². The van der Waals surface area contributed by atoms with Gasteiger partial charge < -0.3 is 29.0 Å². The Balaban J connectivity index is 1.11. The zero-order valence-corrected chi connectivity index (χ0v) is 35.3. The Morgan fingerprint density at radius 2 is 1.54 bits per heavy atom. The van der Waals surface area contributed by atoms with Crippen LogP contribution < -0.4 is 10.1 Å². The molecule has 1 amide bonds. The molecule has 1 fully saturated rings. The third kappa shape index (κ3) is 9.22. The molecule has 11 heteroatoms. The molecule has 314 valence electrons. The second kappa shape index (κ2) is 18.8. The standard InChI is InChI=1S/C50H50ClFN4O5/c1-33-29-39(30-34(2)46(33)51)61-26-8-14-44-43-13-7-12-42(47(43)56(48(44)50(58)59)23-22-54-24-27-60-28-25-54)40-10-4-3-9-36(40)31-55-32-37(41-11-5-6-15-45(41)55)20-21-53-49(57)35-16-18-38(52)19-17-35/h3-7,9-13,15-19,29-30,32H,8,14,20-28,31H2,1-2H3,(H,53,57)(H,58,59). The zero-order valence-electron chi connectivity index (χ0n) is 34.6. The summed E-state index contributed by atoms with van der Waals surface area (Å²) in [6.07, 6.45) is 3.93. The SMILES string of the molecule is Cc1cc(OCCCc2c(C(=O)O)n(CCN3CCOCC3)c3c(-c4ccccc4Cn4cc(CCNC(=O)c5ccc(F)cc5)c5ccccc54)cccc23)cc(C)c1Cl. The van der Waals surface area contributed by atoms with E-state index in [2.05, 4.69) is 57.4 Å². The van der Waals surface area contributed by atoms with Crippen LogP contribution in [0.25, 0.3) is 32.9 Å². The number of hydrogen-bond acceptors (Lipinski definition) is 5. The lowest BCUT2D eigenvalue weighted by Gasteiger charge is -2.27. The van der Waals surface area contributed by atoms with Crippen LogP contribution in [0.4, 0.5) is 4.39 Å². The van der Waals surface area contributed by atoms with Gasteiger partial charge in [0.05, 0.1) is 25.3 Å². The lowest BCUT2D eigenvalue weighted by molar-refractivity contribution is 0.0362. The number of carboxylic acid groups (broad SMARTS) is 1. The number of para-hydroxylation sites is 2. The summed E-state index contributed by atoms with van der Waals surface area (Å²) >= 11 is 6.40. The number of aromatic carboxylic acids is 1. The maximum atomic E-state index is 13.4. The third-order valence-electron chi connectivity index (χ3n) is 11.7. The van der Waals surface area contributed by atoms with Gasteiger partial charge >= 0.3 is 5.97 Å². The highest BCUT2D eigenvalue weighted by Crippen LogP contribution is 2.38. The molecule has 1 aliphatic heterocycles. The molecule has 9 nitrogen and oxygen atoms in total. The first-order chi connectivity index (χ1) is 29.7. The average Bonchev–Trinajstić information content (AvgIpc) is 3.79. The number of nitrogens with zero attached hydrogens (tertiary/aromatic N) is 3. The summed E-state index contributed by atoms with van der Waals surface area (Å²) < 4.78 is 29.5. The average molecular weight is 841 g/mol. The van der Waals surface area contributed by atoms with Crippen LogP contribution in [0.1, 0.15) is 55.1 Å². The van der Waals surface area contributed by atoms with Crippen molar-refractivity contribution in [2.45, 2.75) is 46.2 Å². The van der Waals surface area contributed by atoms with E-state index in [1.54, 1.807) is 0 Å². The van der Waals surface area contributed by atoms with Crippen LogP contribution in [0.3, 0.4) is 0 Å². The van der Waals surface area contributed by atoms with Crippen molar-refractivity contribution >= 4 is 45.3 Å². The summed E-state index contributed by atoms with van der Waals surface area (Å²) in [6.45, 7) is 9.49. The molecule has 0 radical (unpaired) electrons. The predicted octanol–water partition coefficient (Wildman–Crippen LogP) is 9.74. The largest absolute Gasteiger partial charge is 0.494 e. The molecule has 0 bridgehead atoms. The fraction of sp³-hybridized carbons (Fsp3) is 0.280. The van der Waals surface area contributed by atoms with Gasteiger partial charge in [-0.2, -0.15) is 0 Å². The van der Waals surface area contributed by atoms with Gasteiger partial charge in [-0.1, -0.05) is 72.3 Å². The molecule has 0 aliphatic carbocycles. The van der Waals surface area contributed by atoms with Crippen molar-refractivity contribution in [2.24, 2.45) is 0 Å². The van der Waals surface area contributed by atoms with Gasteiger partial charge in [-0.15, -0.1) is 0 Å². The van der Waals surface area contributed by atoms with Crippen molar-refractivity contribution in [3.05, 3.63) is 159 Å². The van der Waals surface area contributed by atoms with Gasteiger partial charge in [-0.25, -0.2) is 9.18 Å². The molecule has 3 heterocycles. The van der Waals surface area contributed by atoms with Crippen LogP contribution in [0.2, 0.25) is 5.02 Å². The summed E-state index contributed by atoms with van der Waals surface area (Å²) in [4.78, 5) is 28.5. The molecule has 1 saturated heterocycles. The molecular weight excluding hydrogens is 791 g/mol. The van der Waals surface area contributed by atoms with E-state index in [0.29, 0.717) is 76.5 Å². The van der Waals surface area contributed by atoms with Gasteiger partial charge in [-0.05, 0) is 109 Å². The minimum atomic E-state index is -0.947. The van der Waals surface area contributed by atoms with E-state index in [1.165, 1.54) is 24.3 Å². The number of morpholine rings is 1. The number of benzene rings is 5. The number of aryl methyl sites for hydroxylation is 3. The fourth-order valence-electron chi connectivity index (χ4n) is 8.68. The van der Waals surface area contributed by atoms with Gasteiger partial charge in [0.15, 0.2) is 0 Å². The van der Waals surface area contributed by atoms with Gasteiger partial charge in [0.1, 0.15) is 17.3 Å². The molecule has 7 aromatic rings. The maximum absolute atomic E-state index is 13.4. The number of carbonyl (C=O) groups is 2. The van der Waals surface area contributed by atoms with Crippen molar-refractivity contribution in [3.63, 3.8) is 0 Å². The highest BCUT2D eigenvalue weighted by Gasteiger charge is 2.26. The van der Waals surface area contributed by atoms with Crippen molar-refractivity contribution in [3.8, 4) is 16.9 Å². The third-order valence-corrected chi connectivity index (χ3v) is 12.3. The maximum Gasteiger partial charge on any atom is 0.352 e. The summed E-state index contributed by atoms with van der Waals surface area (Å²) in [7, 11) is 0. The second-order valence-corrected chi connectivity index (χ2v) is 16.1. The number of nitrogens with one attached hydrogen (secondary N) is 1. The first kappa shape index (κ1) is 41.8. The van der Waals surface area contributed by atoms with Crippen LogP contribution in [-0.2, 0) is 30.7 Å². The number of carboxylic acids is 1. The number of ether oxygens (including phenoxy) is 2. The van der Waals surface area contributed by atoms with Crippen molar-refractivity contribution in [1.29, 1.82) is 0 Å². The Morgan fingerprint density at radius 1 is 0.836 bits per heavy atom. The highest BCUT2D eigenvalue weighted by atomic mass is 35.5. The van der Waals surface area contributed by atoms with E-state index in [4.69, 9.17) is 21.1 Å². The summed E-state index contributed by atoms with van der Waals surface area (Å²) in [5.74, 6) is -0.821. The van der Waals surface area contributed by atoms with Gasteiger partial charge in [0.25, 0.3) is 5.91 Å². The van der Waals surface area contributed by atoms with E-state index >= 15 is 0 Å². The molecule has 1 aliphatic rings. The molecule has 2 N–H and O–H groups in total. The first-order valence-electron chi connectivity index (χ1n) is 20.9. The Hall–Kier alpha value is -5.94. The molecule has 0 spiro atoms. The molecule has 8 rings (SSSR count). The van der Waals surface area contributed by atoms with Crippen LogP contribution >= 0.6 is 11.6 Å². The van der Waals surface area contributed by atoms with Gasteiger partial charge in [0, 0.05) is 77.9 Å². The minimum Gasteiger partial charge on any atom is -0.494 e. The Morgan fingerprint density at radius 3 is 2.31 bits per heavy atom. The van der Waals surface area contributed by atoms with Gasteiger partial charge in [0.2, 0.25) is 0 Å². The van der Waals surface area contributed by atoms with E-state index in [-0.39, 0.29) is 11.7 Å². The summed E-state index contributed by atoms with van der Waals surface area (Å²) in [6, 6.07) is 32.3. The predicted molar refractivity (Wildman–Crippen MR) is 240 cm³/mol. The first-order valence-corrected chi connectivity index (χ1v) is 21.3. The molecular formula is C50H50ClFN4O5. The number of aromatic nitrogens is 2. The van der Waals surface area contributed by atoms with Crippen molar-refractivity contribution in [1.82, 2.24) is 19.4 Å².